The summed E-state index contributed by atoms with van der Waals surface area (Å²) < 4.78 is 0. The molecule has 1 unspecified atom stereocenters. The molecular weight excluding hydrogens is 246 g/mol. The Morgan fingerprint density at radius 3 is 2.37 bits per heavy atom. The number of hydrogen-bond donors (Lipinski definition) is 3. The van der Waals surface area contributed by atoms with Gasteiger partial charge in [0.05, 0.1) is 6.54 Å². The average molecular weight is 267 g/mol. The molecule has 0 radical (unpaired) electrons. The average Bonchev–Trinajstić information content (AvgIpc) is 2.26. The zero-order valence-corrected chi connectivity index (χ0v) is 11.7. The van der Waals surface area contributed by atoms with E-state index in [1.54, 1.807) is 4.90 Å². The number of aromatic hydroxyl groups is 2. The van der Waals surface area contributed by atoms with Crippen LogP contribution in [0.4, 0.5) is 0 Å². The number of nitrogens with zero attached hydrogens (tertiary/aromatic N) is 1. The molecule has 106 valence electrons. The summed E-state index contributed by atoms with van der Waals surface area (Å²) in [5.41, 5.74) is 0.131. The van der Waals surface area contributed by atoms with Crippen LogP contribution in [0.25, 0.3) is 0 Å². The number of aliphatic carboxylic acids is 1. The van der Waals surface area contributed by atoms with E-state index in [9.17, 15) is 15.0 Å². The van der Waals surface area contributed by atoms with Gasteiger partial charge in [-0.2, -0.15) is 0 Å². The van der Waals surface area contributed by atoms with Gasteiger partial charge in [0.15, 0.2) is 0 Å². The molecule has 1 atom stereocenters. The van der Waals surface area contributed by atoms with Crippen LogP contribution in [-0.2, 0) is 4.79 Å². The summed E-state index contributed by atoms with van der Waals surface area (Å²) >= 11 is 0. The van der Waals surface area contributed by atoms with E-state index in [2.05, 4.69) is 0 Å². The van der Waals surface area contributed by atoms with E-state index in [1.807, 2.05) is 27.7 Å². The fraction of sp³-hybridized carbons (Fsp3) is 0.500. The molecule has 0 amide bonds. The monoisotopic (exact) mass is 267 g/mol. The predicted octanol–water partition coefficient (Wildman–Crippen LogP) is 2.34. The van der Waals surface area contributed by atoms with Crippen LogP contribution in [0.3, 0.4) is 0 Å². The Morgan fingerprint density at radius 2 is 1.89 bits per heavy atom. The Kier molecular flexibility index (Phi) is 4.42. The van der Waals surface area contributed by atoms with Crippen LogP contribution < -0.4 is 0 Å². The Labute approximate surface area is 113 Å². The molecule has 0 aromatic heterocycles. The first-order valence-electron chi connectivity index (χ1n) is 6.13. The number of phenolic OH excluding ortho intramolecular Hbond substituents is 2. The van der Waals surface area contributed by atoms with Gasteiger partial charge in [0.2, 0.25) is 0 Å². The Bertz CT molecular complexity index is 465. The number of benzene rings is 1. The number of phenols is 2. The highest BCUT2D eigenvalue weighted by atomic mass is 16.4. The summed E-state index contributed by atoms with van der Waals surface area (Å²) in [4.78, 5) is 12.7. The van der Waals surface area contributed by atoms with Gasteiger partial charge in [0.1, 0.15) is 11.5 Å². The second-order valence-corrected chi connectivity index (χ2v) is 5.61. The van der Waals surface area contributed by atoms with Crippen molar-refractivity contribution in [1.82, 2.24) is 4.90 Å². The number of hydrogen-bond acceptors (Lipinski definition) is 4. The van der Waals surface area contributed by atoms with E-state index < -0.39 is 5.97 Å². The molecule has 0 aliphatic heterocycles. The van der Waals surface area contributed by atoms with E-state index in [1.165, 1.54) is 18.2 Å². The minimum atomic E-state index is -0.929. The first kappa shape index (κ1) is 15.3. The molecular formula is C14H21NO4. The van der Waals surface area contributed by atoms with Crippen LogP contribution in [0.1, 0.15) is 39.3 Å². The minimum Gasteiger partial charge on any atom is -0.508 e. The third-order valence-corrected chi connectivity index (χ3v) is 3.10. The highest BCUT2D eigenvalue weighted by molar-refractivity contribution is 5.69. The summed E-state index contributed by atoms with van der Waals surface area (Å²) in [7, 11) is 0. The molecule has 0 spiro atoms. The van der Waals surface area contributed by atoms with Crippen LogP contribution in [-0.4, -0.2) is 38.3 Å². The maximum absolute atomic E-state index is 11.0. The van der Waals surface area contributed by atoms with Crippen LogP contribution >= 0.6 is 0 Å². The maximum atomic E-state index is 11.0. The van der Waals surface area contributed by atoms with E-state index in [4.69, 9.17) is 5.11 Å². The molecule has 0 aliphatic carbocycles. The van der Waals surface area contributed by atoms with Crippen molar-refractivity contribution in [2.24, 2.45) is 0 Å². The van der Waals surface area contributed by atoms with Crippen molar-refractivity contribution < 1.29 is 20.1 Å². The highest BCUT2D eigenvalue weighted by Gasteiger charge is 2.30. The van der Waals surface area contributed by atoms with Gasteiger partial charge in [-0.25, -0.2) is 0 Å². The van der Waals surface area contributed by atoms with Crippen molar-refractivity contribution in [3.63, 3.8) is 0 Å². The molecule has 0 fully saturated rings. The second kappa shape index (κ2) is 5.48. The van der Waals surface area contributed by atoms with Crippen molar-refractivity contribution in [2.45, 2.75) is 39.3 Å². The van der Waals surface area contributed by atoms with Crippen LogP contribution in [0.5, 0.6) is 11.5 Å². The zero-order chi connectivity index (χ0) is 14.8. The van der Waals surface area contributed by atoms with Crippen LogP contribution in [0.15, 0.2) is 18.2 Å². The fourth-order valence-corrected chi connectivity index (χ4v) is 2.15. The topological polar surface area (TPSA) is 81.0 Å². The molecule has 5 heteroatoms. The lowest BCUT2D eigenvalue weighted by molar-refractivity contribution is -0.140. The van der Waals surface area contributed by atoms with Gasteiger partial charge in [0.25, 0.3) is 0 Å². The van der Waals surface area contributed by atoms with Crippen molar-refractivity contribution in [1.29, 1.82) is 0 Å². The predicted molar refractivity (Wildman–Crippen MR) is 72.3 cm³/mol. The first-order valence-corrected chi connectivity index (χ1v) is 6.13. The summed E-state index contributed by atoms with van der Waals surface area (Å²) in [5.74, 6) is -0.838. The smallest absolute Gasteiger partial charge is 0.317 e. The van der Waals surface area contributed by atoms with E-state index in [-0.39, 0.29) is 29.6 Å². The standard InChI is InChI=1S/C14H21NO4/c1-9(11-7-10(16)5-6-12(11)17)15(8-13(18)19)14(2,3)4/h5-7,9,16-17H,8H2,1-4H3,(H,18,19). The molecule has 0 bridgehead atoms. The van der Waals surface area contributed by atoms with E-state index >= 15 is 0 Å². The van der Waals surface area contributed by atoms with Gasteiger partial charge in [-0.3, -0.25) is 9.69 Å². The lowest BCUT2D eigenvalue weighted by atomic mass is 9.98. The molecule has 5 nitrogen and oxygen atoms in total. The van der Waals surface area contributed by atoms with Gasteiger partial charge in [-0.05, 0) is 45.9 Å². The van der Waals surface area contributed by atoms with Crippen molar-refractivity contribution >= 4 is 5.97 Å². The summed E-state index contributed by atoms with van der Waals surface area (Å²) in [6.07, 6.45) is 0. The van der Waals surface area contributed by atoms with Crippen LogP contribution in [0.2, 0.25) is 0 Å². The van der Waals surface area contributed by atoms with Crippen LogP contribution in [0, 0.1) is 0 Å². The number of carboxylic acids is 1. The molecule has 0 aliphatic rings. The number of rotatable bonds is 4. The summed E-state index contributed by atoms with van der Waals surface area (Å²) in [6.45, 7) is 7.40. The quantitative estimate of drug-likeness (QED) is 0.729. The highest BCUT2D eigenvalue weighted by Crippen LogP contribution is 2.34. The SMILES string of the molecule is CC(c1cc(O)ccc1O)N(CC(=O)O)C(C)(C)C. The van der Waals surface area contributed by atoms with Crippen molar-refractivity contribution in [3.05, 3.63) is 23.8 Å². The number of carboxylic acid groups (broad SMARTS) is 1. The molecule has 1 aromatic rings. The summed E-state index contributed by atoms with van der Waals surface area (Å²) in [6, 6.07) is 3.93. The lowest BCUT2D eigenvalue weighted by Crippen LogP contribution is -2.45. The molecule has 0 heterocycles. The molecule has 1 aromatic carbocycles. The summed E-state index contributed by atoms with van der Waals surface area (Å²) in [5, 5.41) is 28.4. The van der Waals surface area contributed by atoms with E-state index in [0.717, 1.165) is 0 Å². The Balaban J connectivity index is 3.15. The second-order valence-electron chi connectivity index (χ2n) is 5.61. The Hall–Kier alpha value is -1.75. The zero-order valence-electron chi connectivity index (χ0n) is 11.7. The molecule has 3 N–H and O–H groups in total. The third kappa shape index (κ3) is 3.86. The van der Waals surface area contributed by atoms with E-state index in [0.29, 0.717) is 5.56 Å². The van der Waals surface area contributed by atoms with Gasteiger partial charge in [0, 0.05) is 17.1 Å². The third-order valence-electron chi connectivity index (χ3n) is 3.10. The molecule has 1 rings (SSSR count). The van der Waals surface area contributed by atoms with Gasteiger partial charge >= 0.3 is 5.97 Å². The normalized spacial score (nSPS) is 13.5. The number of carbonyl (C=O) groups is 1. The van der Waals surface area contributed by atoms with Gasteiger partial charge in [-0.1, -0.05) is 0 Å². The van der Waals surface area contributed by atoms with Gasteiger partial charge in [-0.15, -0.1) is 0 Å². The minimum absolute atomic E-state index is 0.0452. The first-order chi connectivity index (χ1) is 8.62. The fourth-order valence-electron chi connectivity index (χ4n) is 2.15. The van der Waals surface area contributed by atoms with Gasteiger partial charge < -0.3 is 15.3 Å². The largest absolute Gasteiger partial charge is 0.508 e. The molecule has 0 saturated heterocycles. The lowest BCUT2D eigenvalue weighted by Gasteiger charge is -2.39. The Morgan fingerprint density at radius 1 is 1.32 bits per heavy atom. The maximum Gasteiger partial charge on any atom is 0.317 e. The molecule has 0 saturated carbocycles. The van der Waals surface area contributed by atoms with Crippen molar-refractivity contribution in [3.8, 4) is 11.5 Å². The molecule has 19 heavy (non-hydrogen) atoms. The van der Waals surface area contributed by atoms with Crippen molar-refractivity contribution in [2.75, 3.05) is 6.54 Å².